The van der Waals surface area contributed by atoms with Crippen molar-refractivity contribution >= 4 is 22.8 Å². The van der Waals surface area contributed by atoms with Crippen molar-refractivity contribution in [3.05, 3.63) is 39.8 Å². The summed E-state index contributed by atoms with van der Waals surface area (Å²) in [7, 11) is 1.63. The molecular weight excluding hydrogens is 956 g/mol. The van der Waals surface area contributed by atoms with Crippen LogP contribution in [0.1, 0.15) is 16.8 Å². The molecule has 2 aromatic rings. The zero-order chi connectivity index (χ0) is 51.3. The smallest absolute Gasteiger partial charge is 0.349 e. The number of phenols is 1. The lowest BCUT2D eigenvalue weighted by Gasteiger charge is -2.21. The van der Waals surface area contributed by atoms with E-state index in [1.807, 2.05) is 0 Å². The van der Waals surface area contributed by atoms with Crippen LogP contribution in [-0.4, -0.2) is 252 Å². The van der Waals surface area contributed by atoms with Gasteiger partial charge in [0.1, 0.15) is 5.56 Å². The zero-order valence-electron chi connectivity index (χ0n) is 41.0. The maximum absolute atomic E-state index is 14.2. The lowest BCUT2D eigenvalue weighted by atomic mass is 10.1. The first-order chi connectivity index (χ1) is 34.8. The van der Waals surface area contributed by atoms with Crippen molar-refractivity contribution in [2.24, 2.45) is 0 Å². The molecule has 1 amide bonds. The maximum Gasteiger partial charge on any atom is 0.349 e. The van der Waals surface area contributed by atoms with Gasteiger partial charge in [0.05, 0.1) is 211 Å². The third-order valence-electron chi connectivity index (χ3n) is 9.15. The van der Waals surface area contributed by atoms with Gasteiger partial charge in [0.15, 0.2) is 17.1 Å². The Hall–Kier alpha value is -3.61. The molecule has 0 aliphatic heterocycles. The van der Waals surface area contributed by atoms with Gasteiger partial charge >= 0.3 is 11.6 Å². The molecule has 25 heteroatoms. The Morgan fingerprint density at radius 3 is 1.07 bits per heavy atom. The molecule has 0 atom stereocenters. The van der Waals surface area contributed by atoms with E-state index >= 15 is 0 Å². The summed E-state index contributed by atoms with van der Waals surface area (Å²) < 4.78 is 120. The second kappa shape index (κ2) is 45.0. The van der Waals surface area contributed by atoms with Gasteiger partial charge in [0, 0.05) is 25.6 Å². The molecule has 0 fully saturated rings. The molecule has 0 radical (unpaired) electrons. The summed E-state index contributed by atoms with van der Waals surface area (Å²) in [6.45, 7) is 12.8. The molecule has 0 saturated carbocycles. The first-order valence-corrected chi connectivity index (χ1v) is 23.6. The van der Waals surface area contributed by atoms with Gasteiger partial charge in [0.25, 0.3) is 5.91 Å². The Kier molecular flexibility index (Phi) is 40.3. The topological polar surface area (TPSA) is 256 Å². The molecule has 0 spiro atoms. The molecule has 71 heavy (non-hydrogen) atoms. The molecule has 1 heterocycles. The summed E-state index contributed by atoms with van der Waals surface area (Å²) in [4.78, 5) is 37.8. The highest BCUT2D eigenvalue weighted by Gasteiger charge is 2.24. The molecule has 2 rings (SSSR count). The molecule has 0 saturated heterocycles. The number of aromatic hydroxyl groups is 1. The number of carboxylic acids is 1. The third kappa shape index (κ3) is 33.7. The molecule has 1 aromatic heterocycles. The first-order valence-electron chi connectivity index (χ1n) is 23.6. The normalized spacial score (nSPS) is 11.6. The van der Waals surface area contributed by atoms with Crippen molar-refractivity contribution in [3.8, 4) is 5.75 Å². The quantitative estimate of drug-likeness (QED) is 0.0705. The first kappa shape index (κ1) is 63.5. The lowest BCUT2D eigenvalue weighted by Crippen LogP contribution is -2.38. The fourth-order valence-corrected chi connectivity index (χ4v) is 5.55. The van der Waals surface area contributed by atoms with Crippen molar-refractivity contribution in [3.63, 3.8) is 0 Å². The minimum Gasteiger partial charge on any atom is -0.503 e. The highest BCUT2D eigenvalue weighted by Crippen LogP contribution is 2.28. The van der Waals surface area contributed by atoms with Crippen LogP contribution in [0.15, 0.2) is 21.3 Å². The number of phenolic OH excluding ortho intramolecular Hbond substituents is 1. The van der Waals surface area contributed by atoms with Gasteiger partial charge in [-0.3, -0.25) is 9.59 Å². The number of hydrogen-bond donors (Lipinski definition) is 2. The van der Waals surface area contributed by atoms with E-state index in [0.29, 0.717) is 191 Å². The summed E-state index contributed by atoms with van der Waals surface area (Å²) in [6, 6.07) is 1.62. The second-order valence-corrected chi connectivity index (χ2v) is 14.5. The standard InChI is InChI=1S/C46H75F2NO22/c1-55-6-7-57-10-11-59-14-15-61-18-19-63-22-23-65-26-27-67-30-31-69-34-35-70-33-32-68-29-28-66-25-24-64-21-20-62-17-16-60-13-12-58-9-8-56-5-4-49(3-2-41(50)51)45(53)39-36-38-37-40(47)43(52)42(48)44(38)71-46(39)54/h36-37,52H,2-35H2,1H3,(H,50,51). The molecule has 0 bridgehead atoms. The molecule has 1 aromatic carbocycles. The van der Waals surface area contributed by atoms with Gasteiger partial charge in [-0.2, -0.15) is 4.39 Å². The highest BCUT2D eigenvalue weighted by atomic mass is 19.1. The molecule has 0 unspecified atom stereocenters. The number of carbonyl (C=O) groups excluding carboxylic acids is 1. The van der Waals surface area contributed by atoms with Crippen molar-refractivity contribution < 1.29 is 109 Å². The van der Waals surface area contributed by atoms with Crippen molar-refractivity contribution in [1.82, 2.24) is 4.90 Å². The van der Waals surface area contributed by atoms with Crippen LogP contribution >= 0.6 is 0 Å². The van der Waals surface area contributed by atoms with Crippen molar-refractivity contribution in [1.29, 1.82) is 0 Å². The minimum atomic E-state index is -1.49. The number of fused-ring (bicyclic) bond motifs is 1. The summed E-state index contributed by atoms with van der Waals surface area (Å²) >= 11 is 0. The maximum atomic E-state index is 14.2. The Morgan fingerprint density at radius 2 is 0.775 bits per heavy atom. The van der Waals surface area contributed by atoms with Gasteiger partial charge in [-0.1, -0.05) is 0 Å². The number of ether oxygens (including phenoxy) is 16. The van der Waals surface area contributed by atoms with E-state index in [1.54, 1.807) is 7.11 Å². The summed E-state index contributed by atoms with van der Waals surface area (Å²) in [6.07, 6.45) is -0.435. The average molecular weight is 1030 g/mol. The van der Waals surface area contributed by atoms with Crippen LogP contribution in [0, 0.1) is 11.6 Å². The fraction of sp³-hybridized carbons (Fsp3) is 0.761. The number of benzene rings is 1. The number of hydrogen-bond acceptors (Lipinski definition) is 21. The number of halogens is 2. The summed E-state index contributed by atoms with van der Waals surface area (Å²) in [5, 5.41) is 18.3. The molecule has 0 aliphatic rings. The number of carbonyl (C=O) groups is 2. The van der Waals surface area contributed by atoms with Crippen LogP contribution in [0.5, 0.6) is 5.75 Å². The highest BCUT2D eigenvalue weighted by molar-refractivity contribution is 5.97. The van der Waals surface area contributed by atoms with Crippen LogP contribution in [-0.2, 0) is 80.6 Å². The molecule has 2 N–H and O–H groups in total. The Bertz CT molecular complexity index is 1680. The summed E-state index contributed by atoms with van der Waals surface area (Å²) in [5.41, 5.74) is -2.54. The van der Waals surface area contributed by atoms with Crippen LogP contribution in [0.3, 0.4) is 0 Å². The predicted octanol–water partition coefficient (Wildman–Crippen LogP) is 1.59. The number of aliphatic carboxylic acids is 1. The largest absolute Gasteiger partial charge is 0.503 e. The Balaban J connectivity index is 1.25. The lowest BCUT2D eigenvalue weighted by molar-refractivity contribution is -0.137. The van der Waals surface area contributed by atoms with E-state index < -0.39 is 52.5 Å². The predicted molar refractivity (Wildman–Crippen MR) is 246 cm³/mol. The van der Waals surface area contributed by atoms with Gasteiger partial charge in [-0.15, -0.1) is 0 Å². The Morgan fingerprint density at radius 1 is 0.479 bits per heavy atom. The van der Waals surface area contributed by atoms with E-state index in [0.717, 1.165) is 11.0 Å². The van der Waals surface area contributed by atoms with Crippen LogP contribution in [0.2, 0.25) is 0 Å². The number of rotatable bonds is 52. The van der Waals surface area contributed by atoms with Crippen molar-refractivity contribution in [2.45, 2.75) is 6.42 Å². The number of amides is 1. The van der Waals surface area contributed by atoms with E-state index in [1.165, 1.54) is 0 Å². The minimum absolute atomic E-state index is 0.0271. The second-order valence-electron chi connectivity index (χ2n) is 14.5. The zero-order valence-corrected chi connectivity index (χ0v) is 41.0. The third-order valence-corrected chi connectivity index (χ3v) is 9.15. The average Bonchev–Trinajstić information content (AvgIpc) is 3.36. The Labute approximate surface area is 412 Å². The number of methoxy groups -OCH3 is 1. The monoisotopic (exact) mass is 1030 g/mol. The van der Waals surface area contributed by atoms with Crippen LogP contribution < -0.4 is 5.63 Å². The molecule has 23 nitrogen and oxygen atoms in total. The number of carboxylic acid groups (broad SMARTS) is 1. The summed E-state index contributed by atoms with van der Waals surface area (Å²) in [5.74, 6) is -6.25. The molecular formula is C46H75F2NO22. The van der Waals surface area contributed by atoms with Crippen molar-refractivity contribution in [2.75, 3.05) is 225 Å². The fourth-order valence-electron chi connectivity index (χ4n) is 5.55. The van der Waals surface area contributed by atoms with Crippen LogP contribution in [0.4, 0.5) is 8.78 Å². The molecule has 0 aliphatic carbocycles. The van der Waals surface area contributed by atoms with Crippen LogP contribution in [0.25, 0.3) is 11.0 Å². The molecule has 410 valence electrons. The van der Waals surface area contributed by atoms with Gasteiger partial charge in [-0.05, 0) is 12.1 Å². The van der Waals surface area contributed by atoms with Gasteiger partial charge in [0.2, 0.25) is 5.82 Å². The van der Waals surface area contributed by atoms with E-state index in [2.05, 4.69) is 0 Å². The van der Waals surface area contributed by atoms with Gasteiger partial charge in [-0.25, -0.2) is 9.18 Å². The van der Waals surface area contributed by atoms with E-state index in [-0.39, 0.29) is 38.3 Å². The van der Waals surface area contributed by atoms with E-state index in [9.17, 15) is 28.3 Å². The van der Waals surface area contributed by atoms with E-state index in [4.69, 9.17) is 85.3 Å². The number of nitrogens with zero attached hydrogens (tertiary/aromatic N) is 1. The van der Waals surface area contributed by atoms with Gasteiger partial charge < -0.3 is 95.3 Å². The SMILES string of the molecule is COCCOCCOCCOCCOCCOCCOCCOCCOCCOCCOCCOCCOCCOCCOCCOCCN(CCC(=O)O)C(=O)c1cc2cc(F)c(O)c(F)c2oc1=O.